The van der Waals surface area contributed by atoms with E-state index in [0.717, 1.165) is 26.2 Å². The highest BCUT2D eigenvalue weighted by Crippen LogP contribution is 2.36. The minimum atomic E-state index is -2.39. The van der Waals surface area contributed by atoms with Crippen molar-refractivity contribution in [2.45, 2.75) is 44.4 Å². The van der Waals surface area contributed by atoms with E-state index >= 15 is 0 Å². The molecule has 2 N–H and O–H groups in total. The molecule has 1 aliphatic heterocycles. The Morgan fingerprint density at radius 2 is 1.56 bits per heavy atom. The third-order valence-corrected chi connectivity index (χ3v) is 4.39. The van der Waals surface area contributed by atoms with Gasteiger partial charge in [0.15, 0.2) is 0 Å². The molecular weight excluding hydrogens is 258 g/mol. The average Bonchev–Trinajstić information content (AvgIpc) is 2.33. The largest absolute Gasteiger partial charge is 0.330 e. The smallest absolute Gasteiger partial charge is 0.248 e. The van der Waals surface area contributed by atoms with Gasteiger partial charge in [0.1, 0.15) is 0 Å². The molecule has 2 nitrogen and oxygen atoms in total. The van der Waals surface area contributed by atoms with Crippen LogP contribution in [0, 0.1) is 11.8 Å². The lowest BCUT2D eigenvalue weighted by Gasteiger charge is -2.36. The van der Waals surface area contributed by atoms with Crippen LogP contribution in [-0.2, 0) is 0 Å². The maximum absolute atomic E-state index is 13.0. The van der Waals surface area contributed by atoms with Gasteiger partial charge < -0.3 is 10.6 Å². The van der Waals surface area contributed by atoms with Crippen LogP contribution in [-0.4, -0.2) is 37.0 Å². The first-order valence-electron chi connectivity index (χ1n) is 6.89. The van der Waals surface area contributed by atoms with Crippen LogP contribution in [0.25, 0.3) is 0 Å². The first-order valence-corrected chi connectivity index (χ1v) is 6.89. The Kier molecular flexibility index (Phi) is 6.28. The highest BCUT2D eigenvalue weighted by Gasteiger charge is 2.35. The Bertz CT molecular complexity index is 233. The molecule has 0 unspecified atom stereocenters. The zero-order valence-electron chi connectivity index (χ0n) is 10.9. The van der Waals surface area contributed by atoms with Crippen LogP contribution in [0.15, 0.2) is 0 Å². The average molecular weight is 283 g/mol. The van der Waals surface area contributed by atoms with Gasteiger partial charge in [-0.1, -0.05) is 0 Å². The van der Waals surface area contributed by atoms with Crippen molar-refractivity contribution in [2.24, 2.45) is 17.6 Å². The number of nitrogens with zero attached hydrogens (tertiary/aromatic N) is 1. The van der Waals surface area contributed by atoms with Gasteiger partial charge in [-0.05, 0) is 57.2 Å². The van der Waals surface area contributed by atoms with Gasteiger partial charge >= 0.3 is 0 Å². The molecule has 2 fully saturated rings. The van der Waals surface area contributed by atoms with Crippen LogP contribution in [0.5, 0.6) is 0 Å². The summed E-state index contributed by atoms with van der Waals surface area (Å²) in [6, 6.07) is 0. The number of alkyl halides is 2. The Balaban J connectivity index is 0.00000162. The quantitative estimate of drug-likeness (QED) is 0.862. The molecule has 2 rings (SSSR count). The second-order valence-corrected chi connectivity index (χ2v) is 5.78. The summed E-state index contributed by atoms with van der Waals surface area (Å²) in [4.78, 5) is 2.44. The van der Waals surface area contributed by atoms with Crippen molar-refractivity contribution in [3.63, 3.8) is 0 Å². The molecule has 2 aliphatic rings. The molecule has 0 spiro atoms. The molecule has 0 aromatic carbocycles. The van der Waals surface area contributed by atoms with Crippen molar-refractivity contribution >= 4 is 12.4 Å². The number of piperidine rings is 1. The van der Waals surface area contributed by atoms with Gasteiger partial charge in [0.05, 0.1) is 0 Å². The molecule has 108 valence electrons. The number of nitrogens with two attached hydrogens (primary N) is 1. The third kappa shape index (κ3) is 4.63. The fourth-order valence-corrected chi connectivity index (χ4v) is 3.05. The molecule has 0 radical (unpaired) electrons. The van der Waals surface area contributed by atoms with Gasteiger partial charge in [-0.15, -0.1) is 12.4 Å². The maximum Gasteiger partial charge on any atom is 0.248 e. The summed E-state index contributed by atoms with van der Waals surface area (Å²) in [6.07, 6.45) is 3.94. The van der Waals surface area contributed by atoms with E-state index in [1.54, 1.807) is 0 Å². The van der Waals surface area contributed by atoms with E-state index < -0.39 is 5.92 Å². The van der Waals surface area contributed by atoms with Gasteiger partial charge in [0.25, 0.3) is 0 Å². The van der Waals surface area contributed by atoms with Crippen molar-refractivity contribution in [1.82, 2.24) is 4.90 Å². The second-order valence-electron chi connectivity index (χ2n) is 5.78. The third-order valence-electron chi connectivity index (χ3n) is 4.39. The zero-order valence-corrected chi connectivity index (χ0v) is 11.7. The zero-order chi connectivity index (χ0) is 12.3. The second kappa shape index (κ2) is 7.01. The number of halogens is 3. The van der Waals surface area contributed by atoms with E-state index in [-0.39, 0.29) is 25.2 Å². The molecule has 1 saturated carbocycles. The number of hydrogen-bond donors (Lipinski definition) is 1. The minimum Gasteiger partial charge on any atom is -0.330 e. The first kappa shape index (κ1) is 16.1. The molecule has 0 aromatic rings. The Morgan fingerprint density at radius 1 is 1.00 bits per heavy atom. The summed E-state index contributed by atoms with van der Waals surface area (Å²) in [5, 5.41) is 0. The molecule has 1 heterocycles. The molecule has 0 atom stereocenters. The Hall–Kier alpha value is 0.0700. The van der Waals surface area contributed by atoms with E-state index in [2.05, 4.69) is 4.90 Å². The summed E-state index contributed by atoms with van der Waals surface area (Å²) in [7, 11) is 0. The normalized spacial score (nSPS) is 26.8. The molecule has 18 heavy (non-hydrogen) atoms. The first-order chi connectivity index (χ1) is 8.09. The summed E-state index contributed by atoms with van der Waals surface area (Å²) < 4.78 is 26.1. The van der Waals surface area contributed by atoms with E-state index in [1.165, 1.54) is 12.8 Å². The van der Waals surface area contributed by atoms with E-state index in [1.807, 2.05) is 0 Å². The summed E-state index contributed by atoms with van der Waals surface area (Å²) >= 11 is 0. The maximum atomic E-state index is 13.0. The fourth-order valence-electron chi connectivity index (χ4n) is 3.05. The monoisotopic (exact) mass is 282 g/mol. The van der Waals surface area contributed by atoms with Crippen molar-refractivity contribution in [1.29, 1.82) is 0 Å². The van der Waals surface area contributed by atoms with Crippen molar-refractivity contribution in [2.75, 3.05) is 26.2 Å². The molecular formula is C13H25ClF2N2. The van der Waals surface area contributed by atoms with Crippen LogP contribution in [0.3, 0.4) is 0 Å². The van der Waals surface area contributed by atoms with Gasteiger partial charge in [-0.3, -0.25) is 0 Å². The molecule has 5 heteroatoms. The van der Waals surface area contributed by atoms with Crippen LogP contribution in [0.2, 0.25) is 0 Å². The van der Waals surface area contributed by atoms with Crippen molar-refractivity contribution in [3.8, 4) is 0 Å². The Labute approximate surface area is 115 Å². The molecule has 1 aliphatic carbocycles. The Morgan fingerprint density at radius 3 is 2.06 bits per heavy atom. The molecule has 0 amide bonds. The van der Waals surface area contributed by atoms with Gasteiger partial charge in [-0.2, -0.15) is 0 Å². The van der Waals surface area contributed by atoms with Crippen molar-refractivity contribution < 1.29 is 8.78 Å². The molecule has 1 saturated heterocycles. The lowest BCUT2D eigenvalue weighted by Crippen LogP contribution is -2.40. The number of likely N-dealkylation sites (tertiary alicyclic amines) is 1. The van der Waals surface area contributed by atoms with Crippen LogP contribution in [0.4, 0.5) is 8.78 Å². The summed E-state index contributed by atoms with van der Waals surface area (Å²) in [5.41, 5.74) is 5.66. The van der Waals surface area contributed by atoms with E-state index in [9.17, 15) is 8.78 Å². The minimum absolute atomic E-state index is 0. The van der Waals surface area contributed by atoms with E-state index in [4.69, 9.17) is 5.73 Å². The molecule has 0 bridgehead atoms. The SMILES string of the molecule is Cl.NCC1CCN(CC2CCC(F)(F)CC2)CC1. The van der Waals surface area contributed by atoms with Crippen LogP contribution in [0.1, 0.15) is 38.5 Å². The van der Waals surface area contributed by atoms with Gasteiger partial charge in [-0.25, -0.2) is 8.78 Å². The highest BCUT2D eigenvalue weighted by molar-refractivity contribution is 5.85. The number of rotatable bonds is 3. The van der Waals surface area contributed by atoms with Crippen LogP contribution >= 0.6 is 12.4 Å². The van der Waals surface area contributed by atoms with Crippen LogP contribution < -0.4 is 5.73 Å². The van der Waals surface area contributed by atoms with Crippen molar-refractivity contribution in [3.05, 3.63) is 0 Å². The molecule has 0 aromatic heterocycles. The fraction of sp³-hybridized carbons (Fsp3) is 1.00. The highest BCUT2D eigenvalue weighted by atomic mass is 35.5. The number of hydrogen-bond acceptors (Lipinski definition) is 2. The van der Waals surface area contributed by atoms with Gasteiger partial charge in [0.2, 0.25) is 5.92 Å². The predicted octanol–water partition coefficient (Wildman–Crippen LogP) is 2.90. The predicted molar refractivity (Wildman–Crippen MR) is 72.4 cm³/mol. The standard InChI is InChI=1S/C13H24F2N2.ClH/c14-13(15)5-1-12(2-6-13)10-17-7-3-11(9-16)4-8-17;/h11-12H,1-10,16H2;1H. The lowest BCUT2D eigenvalue weighted by atomic mass is 9.86. The summed E-state index contributed by atoms with van der Waals surface area (Å²) in [5.74, 6) is -1.21. The topological polar surface area (TPSA) is 29.3 Å². The summed E-state index contributed by atoms with van der Waals surface area (Å²) in [6.45, 7) is 4.03. The lowest BCUT2D eigenvalue weighted by molar-refractivity contribution is -0.0496. The van der Waals surface area contributed by atoms with E-state index in [0.29, 0.717) is 24.7 Å². The van der Waals surface area contributed by atoms with Gasteiger partial charge in [0, 0.05) is 19.4 Å².